The molecule has 0 spiro atoms. The topological polar surface area (TPSA) is 64.9 Å². The van der Waals surface area contributed by atoms with E-state index >= 15 is 0 Å². The zero-order valence-electron chi connectivity index (χ0n) is 8.35. The van der Waals surface area contributed by atoms with E-state index in [-0.39, 0.29) is 0 Å². The molecule has 0 aliphatic heterocycles. The van der Waals surface area contributed by atoms with Gasteiger partial charge in [0.1, 0.15) is 0 Å². The van der Waals surface area contributed by atoms with Gasteiger partial charge in [-0.2, -0.15) is 4.98 Å². The predicted octanol–water partition coefficient (Wildman–Crippen LogP) is 1.61. The fourth-order valence-corrected chi connectivity index (χ4v) is 1.98. The molecule has 0 aromatic carbocycles. The third-order valence-electron chi connectivity index (χ3n) is 2.02. The molecule has 0 fully saturated rings. The van der Waals surface area contributed by atoms with Crippen molar-refractivity contribution in [3.63, 3.8) is 0 Å². The van der Waals surface area contributed by atoms with Gasteiger partial charge in [-0.15, -0.1) is 11.3 Å². The molecule has 0 amide bonds. The number of aromatic nitrogens is 2. The molecular formula is C10H13N3OS. The first-order valence-corrected chi connectivity index (χ1v) is 5.80. The predicted molar refractivity (Wildman–Crippen MR) is 58.8 cm³/mol. The van der Waals surface area contributed by atoms with Crippen molar-refractivity contribution in [1.29, 1.82) is 0 Å². The first kappa shape index (κ1) is 10.3. The Kier molecular flexibility index (Phi) is 3.47. The van der Waals surface area contributed by atoms with Crippen LogP contribution in [0.2, 0.25) is 0 Å². The van der Waals surface area contributed by atoms with Crippen LogP contribution in [0.1, 0.15) is 23.0 Å². The lowest BCUT2D eigenvalue weighted by Gasteiger charge is -1.89. The Morgan fingerprint density at radius 2 is 2.40 bits per heavy atom. The number of nitrogens with two attached hydrogens (primary N) is 1. The number of thiophene rings is 1. The molecule has 2 heterocycles. The van der Waals surface area contributed by atoms with E-state index in [4.69, 9.17) is 10.3 Å². The Morgan fingerprint density at radius 1 is 1.47 bits per heavy atom. The fourth-order valence-electron chi connectivity index (χ4n) is 1.29. The Labute approximate surface area is 92.1 Å². The standard InChI is InChI=1S/C10H13N3OS/c11-5-1-4-9-12-10(14-13-9)7-8-3-2-6-15-8/h2-3,6H,1,4-5,7,11H2. The highest BCUT2D eigenvalue weighted by Gasteiger charge is 2.06. The van der Waals surface area contributed by atoms with Crippen molar-refractivity contribution in [2.75, 3.05) is 6.54 Å². The summed E-state index contributed by atoms with van der Waals surface area (Å²) in [5.74, 6) is 1.44. The SMILES string of the molecule is NCCCc1noc(Cc2cccs2)n1. The zero-order valence-corrected chi connectivity index (χ0v) is 9.17. The van der Waals surface area contributed by atoms with E-state index in [0.717, 1.165) is 25.1 Å². The number of nitrogens with zero attached hydrogens (tertiary/aromatic N) is 2. The van der Waals surface area contributed by atoms with Crippen LogP contribution in [0.4, 0.5) is 0 Å². The molecule has 2 rings (SSSR count). The van der Waals surface area contributed by atoms with Gasteiger partial charge in [-0.25, -0.2) is 0 Å². The van der Waals surface area contributed by atoms with Gasteiger partial charge in [0.25, 0.3) is 0 Å². The summed E-state index contributed by atoms with van der Waals surface area (Å²) in [6.07, 6.45) is 2.43. The monoisotopic (exact) mass is 223 g/mol. The molecule has 2 N–H and O–H groups in total. The summed E-state index contributed by atoms with van der Waals surface area (Å²) in [6.45, 7) is 0.662. The van der Waals surface area contributed by atoms with Gasteiger partial charge in [0.05, 0.1) is 6.42 Å². The second-order valence-electron chi connectivity index (χ2n) is 3.25. The van der Waals surface area contributed by atoms with Crippen molar-refractivity contribution < 1.29 is 4.52 Å². The van der Waals surface area contributed by atoms with Crippen LogP contribution in [-0.4, -0.2) is 16.7 Å². The minimum atomic E-state index is 0.662. The van der Waals surface area contributed by atoms with Gasteiger partial charge in [-0.1, -0.05) is 11.2 Å². The molecule has 0 aliphatic rings. The van der Waals surface area contributed by atoms with Crippen LogP contribution in [0.25, 0.3) is 0 Å². The van der Waals surface area contributed by atoms with E-state index < -0.39 is 0 Å². The van der Waals surface area contributed by atoms with Gasteiger partial charge >= 0.3 is 0 Å². The first-order chi connectivity index (χ1) is 7.38. The minimum Gasteiger partial charge on any atom is -0.339 e. The van der Waals surface area contributed by atoms with Crippen LogP contribution in [0, 0.1) is 0 Å². The molecule has 0 saturated heterocycles. The molecule has 0 aliphatic carbocycles. The largest absolute Gasteiger partial charge is 0.339 e. The maximum Gasteiger partial charge on any atom is 0.231 e. The van der Waals surface area contributed by atoms with Crippen molar-refractivity contribution >= 4 is 11.3 Å². The summed E-state index contributed by atoms with van der Waals surface area (Å²) < 4.78 is 5.14. The lowest BCUT2D eigenvalue weighted by Crippen LogP contribution is -2.01. The third kappa shape index (κ3) is 2.87. The lowest BCUT2D eigenvalue weighted by atomic mass is 10.3. The Balaban J connectivity index is 1.95. The van der Waals surface area contributed by atoms with Crippen LogP contribution in [0.3, 0.4) is 0 Å². The summed E-state index contributed by atoms with van der Waals surface area (Å²) in [4.78, 5) is 5.54. The number of hydrogen-bond donors (Lipinski definition) is 1. The normalized spacial score (nSPS) is 10.7. The van der Waals surface area contributed by atoms with Crippen molar-refractivity contribution in [1.82, 2.24) is 10.1 Å². The molecule has 0 bridgehead atoms. The van der Waals surface area contributed by atoms with Gasteiger partial charge in [0.2, 0.25) is 5.89 Å². The fraction of sp³-hybridized carbons (Fsp3) is 0.400. The van der Waals surface area contributed by atoms with Gasteiger partial charge in [0, 0.05) is 11.3 Å². The molecule has 0 atom stereocenters. The van der Waals surface area contributed by atoms with E-state index in [0.29, 0.717) is 12.4 Å². The van der Waals surface area contributed by atoms with E-state index in [1.165, 1.54) is 4.88 Å². The lowest BCUT2D eigenvalue weighted by molar-refractivity contribution is 0.379. The second kappa shape index (κ2) is 5.04. The van der Waals surface area contributed by atoms with E-state index in [1.807, 2.05) is 11.4 Å². The highest BCUT2D eigenvalue weighted by Crippen LogP contribution is 2.13. The Hall–Kier alpha value is -1.20. The highest BCUT2D eigenvalue weighted by molar-refractivity contribution is 7.09. The van der Waals surface area contributed by atoms with E-state index in [2.05, 4.69) is 16.2 Å². The second-order valence-corrected chi connectivity index (χ2v) is 4.28. The number of aryl methyl sites for hydroxylation is 1. The van der Waals surface area contributed by atoms with E-state index in [1.54, 1.807) is 11.3 Å². The highest BCUT2D eigenvalue weighted by atomic mass is 32.1. The Morgan fingerprint density at radius 3 is 3.13 bits per heavy atom. The molecule has 5 heteroatoms. The van der Waals surface area contributed by atoms with Crippen LogP contribution < -0.4 is 5.73 Å². The quantitative estimate of drug-likeness (QED) is 0.836. The molecule has 0 unspecified atom stereocenters. The maximum atomic E-state index is 5.41. The van der Waals surface area contributed by atoms with Crippen LogP contribution >= 0.6 is 11.3 Å². The summed E-state index contributed by atoms with van der Waals surface area (Å²) in [6, 6.07) is 4.08. The average molecular weight is 223 g/mol. The molecule has 2 aromatic rings. The van der Waals surface area contributed by atoms with Crippen molar-refractivity contribution in [3.05, 3.63) is 34.1 Å². The molecule has 80 valence electrons. The smallest absolute Gasteiger partial charge is 0.231 e. The van der Waals surface area contributed by atoms with Gasteiger partial charge in [-0.3, -0.25) is 0 Å². The van der Waals surface area contributed by atoms with Crippen molar-refractivity contribution in [2.45, 2.75) is 19.3 Å². The van der Waals surface area contributed by atoms with Crippen molar-refractivity contribution in [3.8, 4) is 0 Å². The van der Waals surface area contributed by atoms with Crippen LogP contribution in [-0.2, 0) is 12.8 Å². The van der Waals surface area contributed by atoms with Crippen LogP contribution in [0.15, 0.2) is 22.0 Å². The molecular weight excluding hydrogens is 210 g/mol. The average Bonchev–Trinajstić information content (AvgIpc) is 2.87. The summed E-state index contributed by atoms with van der Waals surface area (Å²) in [7, 11) is 0. The first-order valence-electron chi connectivity index (χ1n) is 4.92. The Bertz CT molecular complexity index is 396. The molecule has 0 saturated carbocycles. The zero-order chi connectivity index (χ0) is 10.5. The van der Waals surface area contributed by atoms with Crippen LogP contribution in [0.5, 0.6) is 0 Å². The van der Waals surface area contributed by atoms with Crippen molar-refractivity contribution in [2.24, 2.45) is 5.73 Å². The molecule has 2 aromatic heterocycles. The molecule has 0 radical (unpaired) electrons. The molecule has 4 nitrogen and oxygen atoms in total. The van der Waals surface area contributed by atoms with Gasteiger partial charge in [-0.05, 0) is 24.4 Å². The summed E-state index contributed by atoms with van der Waals surface area (Å²) in [5, 5.41) is 5.94. The minimum absolute atomic E-state index is 0.662. The van der Waals surface area contributed by atoms with Gasteiger partial charge < -0.3 is 10.3 Å². The maximum absolute atomic E-state index is 5.41. The van der Waals surface area contributed by atoms with Gasteiger partial charge in [0.15, 0.2) is 5.82 Å². The number of rotatable bonds is 5. The summed E-state index contributed by atoms with van der Waals surface area (Å²) in [5.41, 5.74) is 5.41. The third-order valence-corrected chi connectivity index (χ3v) is 2.90. The number of hydrogen-bond acceptors (Lipinski definition) is 5. The van der Waals surface area contributed by atoms with E-state index in [9.17, 15) is 0 Å². The molecule has 15 heavy (non-hydrogen) atoms. The summed E-state index contributed by atoms with van der Waals surface area (Å²) >= 11 is 1.70.